The summed E-state index contributed by atoms with van der Waals surface area (Å²) in [6.07, 6.45) is 1.13. The van der Waals surface area contributed by atoms with E-state index in [0.717, 1.165) is 16.9 Å². The monoisotopic (exact) mass is 376 g/mol. The van der Waals surface area contributed by atoms with Gasteiger partial charge in [0.05, 0.1) is 16.1 Å². The first-order valence-corrected chi connectivity index (χ1v) is 7.08. The van der Waals surface area contributed by atoms with E-state index >= 15 is 0 Å². The van der Waals surface area contributed by atoms with E-state index in [1.165, 1.54) is 12.1 Å². The van der Waals surface area contributed by atoms with E-state index in [-0.39, 0.29) is 26.4 Å². The lowest BCUT2D eigenvalue weighted by molar-refractivity contribution is -0.384. The second kappa shape index (κ2) is 6.95. The highest BCUT2D eigenvalue weighted by Crippen LogP contribution is 2.27. The molecule has 8 nitrogen and oxygen atoms in total. The lowest BCUT2D eigenvalue weighted by Crippen LogP contribution is -2.29. The first-order chi connectivity index (χ1) is 10.8. The van der Waals surface area contributed by atoms with E-state index in [2.05, 4.69) is 10.4 Å². The number of carbonyl (C=O) groups is 1. The van der Waals surface area contributed by atoms with Crippen molar-refractivity contribution in [1.82, 2.24) is 9.78 Å². The zero-order valence-corrected chi connectivity index (χ0v) is 13.4. The van der Waals surface area contributed by atoms with Gasteiger partial charge in [-0.05, 0) is 12.1 Å². The number of nitrogens with zero attached hydrogens (tertiary/aromatic N) is 3. The zero-order chi connectivity index (χ0) is 17.1. The van der Waals surface area contributed by atoms with Crippen LogP contribution in [0.25, 0.3) is 0 Å². The zero-order valence-electron chi connectivity index (χ0n) is 11.1. The molecule has 0 atom stereocenters. The maximum atomic E-state index is 11.9. The summed E-state index contributed by atoms with van der Waals surface area (Å²) in [5, 5.41) is 16.5. The molecule has 0 bridgehead atoms. The molecule has 1 amide bonds. The molecule has 0 radical (unpaired) electrons. The van der Waals surface area contributed by atoms with Crippen molar-refractivity contribution in [1.29, 1.82) is 0 Å². The van der Waals surface area contributed by atoms with Gasteiger partial charge in [0.25, 0.3) is 11.2 Å². The van der Waals surface area contributed by atoms with Crippen molar-refractivity contribution in [3.05, 3.63) is 59.9 Å². The summed E-state index contributed by atoms with van der Waals surface area (Å²) in [5.41, 5.74) is -0.926. The molecule has 23 heavy (non-hydrogen) atoms. The number of halogens is 3. The summed E-state index contributed by atoms with van der Waals surface area (Å²) in [6.45, 7) is -0.438. The van der Waals surface area contributed by atoms with Crippen LogP contribution in [-0.2, 0) is 11.3 Å². The van der Waals surface area contributed by atoms with E-state index in [1.807, 2.05) is 0 Å². The molecule has 0 aliphatic rings. The van der Waals surface area contributed by atoms with Crippen LogP contribution in [0.3, 0.4) is 0 Å². The van der Waals surface area contributed by atoms with Crippen LogP contribution in [0, 0.1) is 10.1 Å². The van der Waals surface area contributed by atoms with Gasteiger partial charge in [0.1, 0.15) is 16.6 Å². The molecule has 1 aromatic carbocycles. The summed E-state index contributed by atoms with van der Waals surface area (Å²) in [4.78, 5) is 33.8. The Kier molecular flexibility index (Phi) is 5.19. The maximum absolute atomic E-state index is 11.9. The van der Waals surface area contributed by atoms with Gasteiger partial charge in [0, 0.05) is 11.8 Å². The van der Waals surface area contributed by atoms with Crippen molar-refractivity contribution in [2.75, 3.05) is 5.32 Å². The van der Waals surface area contributed by atoms with E-state index in [1.54, 1.807) is 0 Å². The summed E-state index contributed by atoms with van der Waals surface area (Å²) in [5.74, 6) is -0.630. The van der Waals surface area contributed by atoms with Gasteiger partial charge < -0.3 is 5.32 Å². The molecule has 0 spiro atoms. The molecule has 11 heteroatoms. The molecule has 0 saturated heterocycles. The van der Waals surface area contributed by atoms with Crippen molar-refractivity contribution < 1.29 is 9.72 Å². The number of hydrogen-bond acceptors (Lipinski definition) is 5. The van der Waals surface area contributed by atoms with Crippen LogP contribution in [0.5, 0.6) is 0 Å². The molecule has 1 N–H and O–H groups in total. The molecule has 0 saturated carbocycles. The Labute approximate surface area is 143 Å². The number of nitrogens with one attached hydrogen (secondary N) is 1. The number of anilines is 1. The fourth-order valence-corrected chi connectivity index (χ4v) is 2.08. The van der Waals surface area contributed by atoms with Gasteiger partial charge in [0.2, 0.25) is 5.91 Å². The number of hydrogen-bond donors (Lipinski definition) is 1. The lowest BCUT2D eigenvalue weighted by atomic mass is 10.3. The van der Waals surface area contributed by atoms with Crippen LogP contribution in [0.1, 0.15) is 0 Å². The van der Waals surface area contributed by atoms with E-state index < -0.39 is 22.9 Å². The highest BCUT2D eigenvalue weighted by Gasteiger charge is 2.15. The third kappa shape index (κ3) is 3.98. The number of rotatable bonds is 4. The largest absolute Gasteiger partial charge is 0.324 e. The van der Waals surface area contributed by atoms with Crippen LogP contribution in [0.2, 0.25) is 15.1 Å². The minimum absolute atomic E-state index is 0.0262. The summed E-state index contributed by atoms with van der Waals surface area (Å²) in [6, 6.07) is 3.77. The van der Waals surface area contributed by atoms with Gasteiger partial charge in [-0.15, -0.1) is 0 Å². The Morgan fingerprint density at radius 3 is 2.65 bits per heavy atom. The third-order valence-corrected chi connectivity index (χ3v) is 3.73. The molecule has 0 aliphatic heterocycles. The number of nitro groups is 1. The van der Waals surface area contributed by atoms with Gasteiger partial charge in [0.15, 0.2) is 0 Å². The number of amides is 1. The Morgan fingerprint density at radius 1 is 1.30 bits per heavy atom. The number of carbonyl (C=O) groups excluding carboxylic acids is 1. The molecule has 2 rings (SSSR count). The Balaban J connectivity index is 2.18. The standard InChI is InChI=1S/C12H7Cl3N4O4/c13-7-2-1-6(3-9(7)19(22)23)17-10(20)5-18-12(21)11(15)8(14)4-16-18/h1-4H,5H2,(H,17,20). The van der Waals surface area contributed by atoms with Gasteiger partial charge >= 0.3 is 0 Å². The summed E-state index contributed by atoms with van der Waals surface area (Å²) in [7, 11) is 0. The molecule has 0 fully saturated rings. The van der Waals surface area contributed by atoms with Crippen LogP contribution in [0.4, 0.5) is 11.4 Å². The van der Waals surface area contributed by atoms with E-state index in [4.69, 9.17) is 34.8 Å². The number of aromatic nitrogens is 2. The lowest BCUT2D eigenvalue weighted by Gasteiger charge is -2.07. The predicted octanol–water partition coefficient (Wildman–Crippen LogP) is 2.75. The second-order valence-corrected chi connectivity index (χ2v) is 5.43. The normalized spacial score (nSPS) is 10.4. The van der Waals surface area contributed by atoms with Crippen molar-refractivity contribution in [2.24, 2.45) is 0 Å². The van der Waals surface area contributed by atoms with Crippen molar-refractivity contribution >= 4 is 52.1 Å². The highest BCUT2D eigenvalue weighted by molar-refractivity contribution is 6.41. The SMILES string of the molecule is O=C(Cn1ncc(Cl)c(Cl)c1=O)Nc1ccc(Cl)c([N+](=O)[O-])c1. The van der Waals surface area contributed by atoms with Crippen LogP contribution < -0.4 is 10.9 Å². The van der Waals surface area contributed by atoms with Crippen LogP contribution in [-0.4, -0.2) is 20.6 Å². The van der Waals surface area contributed by atoms with E-state index in [0.29, 0.717) is 0 Å². The molecule has 2 aromatic rings. The van der Waals surface area contributed by atoms with E-state index in [9.17, 15) is 19.7 Å². The van der Waals surface area contributed by atoms with Crippen molar-refractivity contribution in [3.8, 4) is 0 Å². The van der Waals surface area contributed by atoms with Crippen molar-refractivity contribution in [3.63, 3.8) is 0 Å². The molecule has 1 heterocycles. The van der Waals surface area contributed by atoms with Crippen LogP contribution >= 0.6 is 34.8 Å². The topological polar surface area (TPSA) is 107 Å². The maximum Gasteiger partial charge on any atom is 0.289 e. The average Bonchev–Trinajstić information content (AvgIpc) is 2.49. The Bertz CT molecular complexity index is 853. The average molecular weight is 378 g/mol. The van der Waals surface area contributed by atoms with Gasteiger partial charge in [-0.1, -0.05) is 34.8 Å². The fraction of sp³-hybridized carbons (Fsp3) is 0.0833. The molecule has 1 aromatic heterocycles. The Morgan fingerprint density at radius 2 is 2.00 bits per heavy atom. The molecule has 0 aliphatic carbocycles. The first-order valence-electron chi connectivity index (χ1n) is 5.94. The second-order valence-electron chi connectivity index (χ2n) is 4.24. The van der Waals surface area contributed by atoms with Gasteiger partial charge in [-0.3, -0.25) is 19.7 Å². The fourth-order valence-electron chi connectivity index (χ4n) is 1.62. The Hall–Kier alpha value is -2.16. The first kappa shape index (κ1) is 17.2. The number of benzene rings is 1. The molecule has 120 valence electrons. The summed E-state index contributed by atoms with van der Waals surface area (Å²) >= 11 is 17.0. The quantitative estimate of drug-likeness (QED) is 0.651. The minimum atomic E-state index is -0.726. The molecular formula is C12H7Cl3N4O4. The highest BCUT2D eigenvalue weighted by atomic mass is 35.5. The van der Waals surface area contributed by atoms with Crippen LogP contribution in [0.15, 0.2) is 29.2 Å². The molecule has 0 unspecified atom stereocenters. The number of nitro benzene ring substituents is 1. The van der Waals surface area contributed by atoms with Gasteiger partial charge in [-0.25, -0.2) is 4.68 Å². The third-order valence-electron chi connectivity index (χ3n) is 2.66. The summed E-state index contributed by atoms with van der Waals surface area (Å²) < 4.78 is 0.813. The van der Waals surface area contributed by atoms with Gasteiger partial charge in [-0.2, -0.15) is 5.10 Å². The minimum Gasteiger partial charge on any atom is -0.324 e. The smallest absolute Gasteiger partial charge is 0.289 e. The molecular weight excluding hydrogens is 371 g/mol. The van der Waals surface area contributed by atoms with Crippen molar-refractivity contribution in [2.45, 2.75) is 6.54 Å². The predicted molar refractivity (Wildman–Crippen MR) is 85.3 cm³/mol.